The van der Waals surface area contributed by atoms with Gasteiger partial charge in [-0.05, 0) is 31.0 Å². The highest BCUT2D eigenvalue weighted by Crippen LogP contribution is 2.15. The van der Waals surface area contributed by atoms with Crippen molar-refractivity contribution in [1.82, 2.24) is 15.7 Å². The molecule has 0 saturated carbocycles. The molecule has 1 heterocycles. The van der Waals surface area contributed by atoms with E-state index in [9.17, 15) is 9.59 Å². The fraction of sp³-hybridized carbons (Fsp3) is 0.227. The third-order valence-electron chi connectivity index (χ3n) is 4.52. The topological polar surface area (TPSA) is 86.3 Å². The second-order valence-electron chi connectivity index (χ2n) is 7.09. The number of hydrogen-bond donors (Lipinski definition) is 3. The molecule has 0 unspecified atom stereocenters. The van der Waals surface area contributed by atoms with Crippen LogP contribution >= 0.6 is 0 Å². The van der Waals surface area contributed by atoms with Gasteiger partial charge in [0.2, 0.25) is 0 Å². The number of hydrogen-bond acceptors (Lipinski definition) is 3. The van der Waals surface area contributed by atoms with Crippen LogP contribution in [0.3, 0.4) is 0 Å². The normalized spacial score (nSPS) is 12.4. The van der Waals surface area contributed by atoms with Crippen molar-refractivity contribution < 1.29 is 9.59 Å². The molecule has 0 spiro atoms. The van der Waals surface area contributed by atoms with Gasteiger partial charge in [-0.1, -0.05) is 49.7 Å². The summed E-state index contributed by atoms with van der Waals surface area (Å²) in [5, 5.41) is 7.89. The van der Waals surface area contributed by atoms with Crippen LogP contribution in [0.1, 0.15) is 35.3 Å². The first-order valence-electron chi connectivity index (χ1n) is 9.22. The van der Waals surface area contributed by atoms with E-state index in [-0.39, 0.29) is 17.7 Å². The van der Waals surface area contributed by atoms with Crippen LogP contribution in [-0.4, -0.2) is 29.1 Å². The molecule has 0 aliphatic heterocycles. The second-order valence-corrected chi connectivity index (χ2v) is 7.09. The van der Waals surface area contributed by atoms with E-state index in [0.29, 0.717) is 5.56 Å². The summed E-state index contributed by atoms with van der Waals surface area (Å²) < 4.78 is 0. The Bertz CT molecular complexity index is 1020. The summed E-state index contributed by atoms with van der Waals surface area (Å²) in [5.74, 6) is -0.720. The first-order valence-corrected chi connectivity index (χ1v) is 9.22. The van der Waals surface area contributed by atoms with Gasteiger partial charge in [-0.15, -0.1) is 0 Å². The first kappa shape index (κ1) is 19.4. The van der Waals surface area contributed by atoms with Crippen molar-refractivity contribution in [3.05, 3.63) is 71.4 Å². The van der Waals surface area contributed by atoms with E-state index in [0.717, 1.165) is 22.0 Å². The van der Waals surface area contributed by atoms with Crippen LogP contribution in [0, 0.1) is 12.8 Å². The van der Waals surface area contributed by atoms with E-state index >= 15 is 0 Å². The maximum Gasteiger partial charge on any atom is 0.262 e. The van der Waals surface area contributed by atoms with Crippen LogP contribution in [0.5, 0.6) is 0 Å². The predicted molar refractivity (Wildman–Crippen MR) is 111 cm³/mol. The zero-order chi connectivity index (χ0) is 20.1. The molecule has 3 aromatic rings. The van der Waals surface area contributed by atoms with Crippen molar-refractivity contribution in [3.63, 3.8) is 0 Å². The van der Waals surface area contributed by atoms with E-state index < -0.39 is 6.04 Å². The number of para-hydroxylation sites is 1. The fourth-order valence-corrected chi connectivity index (χ4v) is 2.98. The highest BCUT2D eigenvalue weighted by molar-refractivity contribution is 6.00. The van der Waals surface area contributed by atoms with E-state index in [1.165, 1.54) is 0 Å². The van der Waals surface area contributed by atoms with Crippen molar-refractivity contribution >= 4 is 28.9 Å². The number of amides is 2. The molecule has 1 atom stereocenters. The monoisotopic (exact) mass is 376 g/mol. The number of carbonyl (C=O) groups excluding carboxylic acids is 2. The molecule has 0 aliphatic carbocycles. The molecule has 2 amide bonds. The Balaban J connectivity index is 1.67. The molecule has 1 aromatic heterocycles. The summed E-state index contributed by atoms with van der Waals surface area (Å²) in [4.78, 5) is 28.2. The molecule has 0 bridgehead atoms. The summed E-state index contributed by atoms with van der Waals surface area (Å²) >= 11 is 0. The lowest BCUT2D eigenvalue weighted by Gasteiger charge is -2.20. The summed E-state index contributed by atoms with van der Waals surface area (Å²) in [5.41, 5.74) is 5.93. The van der Waals surface area contributed by atoms with Crippen LogP contribution < -0.4 is 10.7 Å². The minimum Gasteiger partial charge on any atom is -0.361 e. The molecule has 144 valence electrons. The molecule has 28 heavy (non-hydrogen) atoms. The van der Waals surface area contributed by atoms with Crippen LogP contribution in [-0.2, 0) is 4.79 Å². The van der Waals surface area contributed by atoms with Gasteiger partial charge in [0.1, 0.15) is 6.04 Å². The summed E-state index contributed by atoms with van der Waals surface area (Å²) in [6, 6.07) is 14.4. The minimum absolute atomic E-state index is 0.0861. The minimum atomic E-state index is -0.687. The highest BCUT2D eigenvalue weighted by Gasteiger charge is 2.24. The molecule has 3 N–H and O–H groups in total. The van der Waals surface area contributed by atoms with Gasteiger partial charge in [-0.3, -0.25) is 9.59 Å². The number of H-pyrrole nitrogens is 1. The van der Waals surface area contributed by atoms with Crippen LogP contribution in [0.4, 0.5) is 0 Å². The van der Waals surface area contributed by atoms with Crippen molar-refractivity contribution in [2.24, 2.45) is 11.0 Å². The second kappa shape index (κ2) is 8.52. The zero-order valence-corrected chi connectivity index (χ0v) is 16.2. The van der Waals surface area contributed by atoms with Crippen LogP contribution in [0.2, 0.25) is 0 Å². The molecular formula is C22H24N4O2. The molecule has 2 aromatic carbocycles. The Morgan fingerprint density at radius 3 is 2.64 bits per heavy atom. The number of nitrogens with zero attached hydrogens (tertiary/aromatic N) is 1. The number of benzene rings is 2. The van der Waals surface area contributed by atoms with Gasteiger partial charge >= 0.3 is 0 Å². The molecule has 0 aliphatic rings. The largest absolute Gasteiger partial charge is 0.361 e. The van der Waals surface area contributed by atoms with Gasteiger partial charge in [0.05, 0.1) is 6.21 Å². The molecule has 6 nitrogen and oxygen atoms in total. The number of aromatic amines is 1. The standard InChI is InChI=1S/C22H24N4O2/c1-14(2)20(25-21(27)16-8-6-7-15(3)11-16)22(28)26-24-13-17-12-23-19-10-5-4-9-18(17)19/h4-14,20,23H,1-3H3,(H,25,27)(H,26,28)/b24-13-/t20-/m1/s1. The molecule has 0 fully saturated rings. The maximum atomic E-state index is 12.6. The quantitative estimate of drug-likeness (QED) is 0.455. The van der Waals surface area contributed by atoms with E-state index in [4.69, 9.17) is 0 Å². The molecule has 6 heteroatoms. The predicted octanol–water partition coefficient (Wildman–Crippen LogP) is 3.38. The third kappa shape index (κ3) is 4.46. The Morgan fingerprint density at radius 2 is 1.89 bits per heavy atom. The lowest BCUT2D eigenvalue weighted by molar-refractivity contribution is -0.123. The number of rotatable bonds is 6. The van der Waals surface area contributed by atoms with Gasteiger partial charge < -0.3 is 10.3 Å². The van der Waals surface area contributed by atoms with E-state index in [2.05, 4.69) is 20.8 Å². The van der Waals surface area contributed by atoms with Crippen LogP contribution in [0.25, 0.3) is 10.9 Å². The average Bonchev–Trinajstić information content (AvgIpc) is 3.09. The number of fused-ring (bicyclic) bond motifs is 1. The highest BCUT2D eigenvalue weighted by atomic mass is 16.2. The third-order valence-corrected chi connectivity index (χ3v) is 4.52. The smallest absolute Gasteiger partial charge is 0.262 e. The Labute approximate surface area is 164 Å². The lowest BCUT2D eigenvalue weighted by atomic mass is 10.0. The number of hydrazone groups is 1. The Kier molecular flexibility index (Phi) is 5.89. The maximum absolute atomic E-state index is 12.6. The van der Waals surface area contributed by atoms with E-state index in [1.807, 2.05) is 63.4 Å². The number of nitrogens with one attached hydrogen (secondary N) is 3. The Morgan fingerprint density at radius 1 is 1.11 bits per heavy atom. The average molecular weight is 376 g/mol. The lowest BCUT2D eigenvalue weighted by Crippen LogP contribution is -2.48. The van der Waals surface area contributed by atoms with Gasteiger partial charge in [-0.2, -0.15) is 5.10 Å². The summed E-state index contributed by atoms with van der Waals surface area (Å²) in [7, 11) is 0. The van der Waals surface area contributed by atoms with Crippen molar-refractivity contribution in [2.45, 2.75) is 26.8 Å². The molecule has 3 rings (SSSR count). The number of aromatic nitrogens is 1. The van der Waals surface area contributed by atoms with E-state index in [1.54, 1.807) is 18.3 Å². The number of aryl methyl sites for hydroxylation is 1. The molecule has 0 radical (unpaired) electrons. The SMILES string of the molecule is Cc1cccc(C(=O)N[C@@H](C(=O)N/N=C\c2c[nH]c3ccccc23)C(C)C)c1. The zero-order valence-electron chi connectivity index (χ0n) is 16.2. The van der Waals surface area contributed by atoms with Crippen LogP contribution in [0.15, 0.2) is 59.8 Å². The van der Waals surface area contributed by atoms with Gasteiger partial charge in [0.15, 0.2) is 0 Å². The summed E-state index contributed by atoms with van der Waals surface area (Å²) in [6.45, 7) is 5.68. The Hall–Kier alpha value is -3.41. The first-order chi connectivity index (χ1) is 13.5. The number of carbonyl (C=O) groups is 2. The van der Waals surface area contributed by atoms with Crippen molar-refractivity contribution in [3.8, 4) is 0 Å². The van der Waals surface area contributed by atoms with Crippen molar-refractivity contribution in [1.29, 1.82) is 0 Å². The van der Waals surface area contributed by atoms with Gasteiger partial charge in [0, 0.05) is 28.2 Å². The summed E-state index contributed by atoms with van der Waals surface area (Å²) in [6.07, 6.45) is 3.43. The van der Waals surface area contributed by atoms with Crippen molar-refractivity contribution in [2.75, 3.05) is 0 Å². The fourth-order valence-electron chi connectivity index (χ4n) is 2.98. The van der Waals surface area contributed by atoms with Gasteiger partial charge in [-0.25, -0.2) is 5.43 Å². The molecular weight excluding hydrogens is 352 g/mol. The molecule has 0 saturated heterocycles. The van der Waals surface area contributed by atoms with Gasteiger partial charge in [0.25, 0.3) is 11.8 Å².